The SMILES string of the molecule is CC(C)N(CC1CCCCN1)c1nccs1. The normalized spacial score (nSPS) is 21.3. The van der Waals surface area contributed by atoms with Gasteiger partial charge >= 0.3 is 0 Å². The van der Waals surface area contributed by atoms with Gasteiger partial charge in [-0.3, -0.25) is 0 Å². The lowest BCUT2D eigenvalue weighted by atomic mass is 10.0. The Morgan fingerprint density at radius 2 is 2.44 bits per heavy atom. The molecule has 1 atom stereocenters. The molecule has 1 saturated heterocycles. The van der Waals surface area contributed by atoms with Crippen molar-refractivity contribution in [3.63, 3.8) is 0 Å². The summed E-state index contributed by atoms with van der Waals surface area (Å²) < 4.78 is 0. The van der Waals surface area contributed by atoms with Crippen molar-refractivity contribution in [2.75, 3.05) is 18.0 Å². The molecule has 0 aliphatic carbocycles. The molecule has 1 aliphatic heterocycles. The molecule has 0 saturated carbocycles. The highest BCUT2D eigenvalue weighted by molar-refractivity contribution is 7.13. The van der Waals surface area contributed by atoms with Gasteiger partial charge in [-0.25, -0.2) is 4.98 Å². The summed E-state index contributed by atoms with van der Waals surface area (Å²) in [6, 6.07) is 1.16. The first-order valence-corrected chi connectivity index (χ1v) is 7.05. The molecular weight excluding hydrogens is 218 g/mol. The predicted molar refractivity (Wildman–Crippen MR) is 70.2 cm³/mol. The lowest BCUT2D eigenvalue weighted by molar-refractivity contribution is 0.393. The number of aromatic nitrogens is 1. The molecule has 2 heterocycles. The van der Waals surface area contributed by atoms with Crippen molar-refractivity contribution >= 4 is 16.5 Å². The number of hydrogen-bond acceptors (Lipinski definition) is 4. The van der Waals surface area contributed by atoms with E-state index >= 15 is 0 Å². The average Bonchev–Trinajstić information content (AvgIpc) is 2.80. The fourth-order valence-corrected chi connectivity index (χ4v) is 2.97. The zero-order chi connectivity index (χ0) is 11.4. The highest BCUT2D eigenvalue weighted by atomic mass is 32.1. The van der Waals surface area contributed by atoms with Crippen LogP contribution >= 0.6 is 11.3 Å². The average molecular weight is 239 g/mol. The molecule has 0 amide bonds. The Morgan fingerprint density at radius 3 is 3.00 bits per heavy atom. The number of piperidine rings is 1. The fourth-order valence-electron chi connectivity index (χ4n) is 2.18. The van der Waals surface area contributed by atoms with Gasteiger partial charge < -0.3 is 10.2 Å². The van der Waals surface area contributed by atoms with Gasteiger partial charge in [0.05, 0.1) is 0 Å². The molecule has 1 fully saturated rings. The van der Waals surface area contributed by atoms with E-state index in [9.17, 15) is 0 Å². The van der Waals surface area contributed by atoms with Gasteiger partial charge in [0.25, 0.3) is 0 Å². The van der Waals surface area contributed by atoms with E-state index in [1.165, 1.54) is 25.8 Å². The highest BCUT2D eigenvalue weighted by Gasteiger charge is 2.20. The minimum absolute atomic E-state index is 0.523. The smallest absolute Gasteiger partial charge is 0.185 e. The largest absolute Gasteiger partial charge is 0.344 e. The van der Waals surface area contributed by atoms with Crippen molar-refractivity contribution in [2.24, 2.45) is 0 Å². The second kappa shape index (κ2) is 5.64. The van der Waals surface area contributed by atoms with Crippen molar-refractivity contribution in [2.45, 2.75) is 45.2 Å². The molecule has 0 aromatic carbocycles. The summed E-state index contributed by atoms with van der Waals surface area (Å²) in [6.07, 6.45) is 5.88. The van der Waals surface area contributed by atoms with Crippen LogP contribution in [0.4, 0.5) is 5.13 Å². The molecule has 16 heavy (non-hydrogen) atoms. The Balaban J connectivity index is 1.97. The fraction of sp³-hybridized carbons (Fsp3) is 0.750. The molecule has 90 valence electrons. The minimum Gasteiger partial charge on any atom is -0.344 e. The van der Waals surface area contributed by atoms with Crippen LogP contribution in [0.1, 0.15) is 33.1 Å². The van der Waals surface area contributed by atoms with Crippen LogP contribution in [0.3, 0.4) is 0 Å². The zero-order valence-electron chi connectivity index (χ0n) is 10.1. The van der Waals surface area contributed by atoms with Crippen molar-refractivity contribution in [3.05, 3.63) is 11.6 Å². The first-order valence-electron chi connectivity index (χ1n) is 6.17. The lowest BCUT2D eigenvalue weighted by Crippen LogP contribution is -2.46. The molecule has 2 rings (SSSR count). The molecule has 1 N–H and O–H groups in total. The number of anilines is 1. The summed E-state index contributed by atoms with van der Waals surface area (Å²) in [7, 11) is 0. The van der Waals surface area contributed by atoms with Gasteiger partial charge in [-0.1, -0.05) is 6.42 Å². The van der Waals surface area contributed by atoms with Gasteiger partial charge in [0.1, 0.15) is 0 Å². The van der Waals surface area contributed by atoms with Crippen LogP contribution in [0.25, 0.3) is 0 Å². The van der Waals surface area contributed by atoms with E-state index in [2.05, 4.69) is 34.4 Å². The molecule has 3 nitrogen and oxygen atoms in total. The summed E-state index contributed by atoms with van der Waals surface area (Å²) in [6.45, 7) is 6.74. The first kappa shape index (κ1) is 11.9. The zero-order valence-corrected chi connectivity index (χ0v) is 11.0. The maximum atomic E-state index is 4.42. The number of rotatable bonds is 4. The van der Waals surface area contributed by atoms with E-state index in [1.807, 2.05) is 6.20 Å². The molecule has 0 spiro atoms. The Bertz CT molecular complexity index is 291. The third kappa shape index (κ3) is 2.95. The van der Waals surface area contributed by atoms with Crippen molar-refractivity contribution in [1.29, 1.82) is 0 Å². The third-order valence-corrected chi connectivity index (χ3v) is 3.93. The Kier molecular flexibility index (Phi) is 4.18. The maximum Gasteiger partial charge on any atom is 0.185 e. The van der Waals surface area contributed by atoms with E-state index < -0.39 is 0 Å². The van der Waals surface area contributed by atoms with Crippen LogP contribution in [0, 0.1) is 0 Å². The predicted octanol–water partition coefficient (Wildman–Crippen LogP) is 2.50. The Morgan fingerprint density at radius 1 is 1.56 bits per heavy atom. The van der Waals surface area contributed by atoms with Crippen LogP contribution in [0.5, 0.6) is 0 Å². The topological polar surface area (TPSA) is 28.2 Å². The summed E-state index contributed by atoms with van der Waals surface area (Å²) in [5.41, 5.74) is 0. The quantitative estimate of drug-likeness (QED) is 0.875. The molecule has 0 radical (unpaired) electrons. The maximum absolute atomic E-state index is 4.42. The van der Waals surface area contributed by atoms with Crippen molar-refractivity contribution in [1.82, 2.24) is 10.3 Å². The van der Waals surface area contributed by atoms with E-state index in [4.69, 9.17) is 0 Å². The van der Waals surface area contributed by atoms with Gasteiger partial charge in [-0.15, -0.1) is 11.3 Å². The number of thiazole rings is 1. The van der Waals surface area contributed by atoms with Crippen LogP contribution in [0.15, 0.2) is 11.6 Å². The van der Waals surface area contributed by atoms with E-state index in [0.717, 1.165) is 11.7 Å². The molecule has 1 aliphatic rings. The molecule has 1 aromatic rings. The summed E-state index contributed by atoms with van der Waals surface area (Å²) in [5.74, 6) is 0. The monoisotopic (exact) mass is 239 g/mol. The number of nitrogens with zero attached hydrogens (tertiary/aromatic N) is 2. The second-order valence-electron chi connectivity index (χ2n) is 4.71. The number of hydrogen-bond donors (Lipinski definition) is 1. The molecule has 1 aromatic heterocycles. The van der Waals surface area contributed by atoms with Crippen LogP contribution < -0.4 is 10.2 Å². The highest BCUT2D eigenvalue weighted by Crippen LogP contribution is 2.21. The molecular formula is C12H21N3S. The van der Waals surface area contributed by atoms with Crippen LogP contribution in [0.2, 0.25) is 0 Å². The summed E-state index contributed by atoms with van der Waals surface area (Å²) >= 11 is 1.73. The lowest BCUT2D eigenvalue weighted by Gasteiger charge is -2.32. The Hall–Kier alpha value is -0.610. The molecule has 0 bridgehead atoms. The van der Waals surface area contributed by atoms with Gasteiger partial charge in [0, 0.05) is 30.2 Å². The van der Waals surface area contributed by atoms with E-state index in [-0.39, 0.29) is 0 Å². The minimum atomic E-state index is 0.523. The van der Waals surface area contributed by atoms with Gasteiger partial charge in [0.15, 0.2) is 5.13 Å². The molecule has 4 heteroatoms. The second-order valence-corrected chi connectivity index (χ2v) is 5.58. The van der Waals surface area contributed by atoms with Gasteiger partial charge in [-0.05, 0) is 33.2 Å². The summed E-state index contributed by atoms with van der Waals surface area (Å²) in [5, 5.41) is 6.81. The van der Waals surface area contributed by atoms with Crippen LogP contribution in [-0.2, 0) is 0 Å². The van der Waals surface area contributed by atoms with Crippen molar-refractivity contribution < 1.29 is 0 Å². The van der Waals surface area contributed by atoms with E-state index in [0.29, 0.717) is 12.1 Å². The number of nitrogens with one attached hydrogen (secondary N) is 1. The third-order valence-electron chi connectivity index (χ3n) is 3.12. The van der Waals surface area contributed by atoms with Crippen molar-refractivity contribution in [3.8, 4) is 0 Å². The van der Waals surface area contributed by atoms with E-state index in [1.54, 1.807) is 11.3 Å². The Labute approximate surface area is 102 Å². The summed E-state index contributed by atoms with van der Waals surface area (Å²) in [4.78, 5) is 6.83. The van der Waals surface area contributed by atoms with Gasteiger partial charge in [0.2, 0.25) is 0 Å². The van der Waals surface area contributed by atoms with Gasteiger partial charge in [-0.2, -0.15) is 0 Å². The van der Waals surface area contributed by atoms with Crippen LogP contribution in [-0.4, -0.2) is 30.2 Å². The molecule has 1 unspecified atom stereocenters. The first-order chi connectivity index (χ1) is 7.77. The standard InChI is InChI=1S/C12H21N3S/c1-10(2)15(12-14-7-8-16-12)9-11-5-3-4-6-13-11/h7-8,10-11,13H,3-6,9H2,1-2H3.